The van der Waals surface area contributed by atoms with E-state index in [1.165, 1.54) is 10.4 Å². The van der Waals surface area contributed by atoms with Crippen LogP contribution >= 0.6 is 11.6 Å². The maximum absolute atomic E-state index is 12.5. The van der Waals surface area contributed by atoms with Gasteiger partial charge in [-0.1, -0.05) is 23.7 Å². The summed E-state index contributed by atoms with van der Waals surface area (Å²) in [6.45, 7) is 2.06. The summed E-state index contributed by atoms with van der Waals surface area (Å²) in [6.07, 6.45) is 1.47. The molecule has 6 heteroatoms. The average molecular weight is 290 g/mol. The topological polar surface area (TPSA) is 57.6 Å². The zero-order valence-electron chi connectivity index (χ0n) is 10.1. The normalized spacial score (nSPS) is 21.4. The average Bonchev–Trinajstić information content (AvgIpc) is 2.81. The Morgan fingerprint density at radius 3 is 2.89 bits per heavy atom. The fourth-order valence-corrected chi connectivity index (χ4v) is 4.50. The molecule has 100 valence electrons. The number of sulfonamides is 1. The van der Waals surface area contributed by atoms with Crippen LogP contribution in [-0.2, 0) is 10.0 Å². The second-order valence-electron chi connectivity index (χ2n) is 4.48. The van der Waals surface area contributed by atoms with Gasteiger partial charge in [-0.25, -0.2) is 8.42 Å². The van der Waals surface area contributed by atoms with E-state index in [1.54, 1.807) is 19.1 Å². The Hall–Kier alpha value is -0.620. The van der Waals surface area contributed by atoms with Crippen molar-refractivity contribution in [3.8, 4) is 0 Å². The molecular weight excluding hydrogens is 274 g/mol. The first-order chi connectivity index (χ1) is 8.48. The number of aliphatic hydroxyl groups excluding tert-OH is 1. The highest BCUT2D eigenvalue weighted by molar-refractivity contribution is 7.89. The van der Waals surface area contributed by atoms with E-state index in [0.717, 1.165) is 12.0 Å². The first-order valence-electron chi connectivity index (χ1n) is 5.86. The Labute approximate surface area is 112 Å². The predicted molar refractivity (Wildman–Crippen MR) is 70.2 cm³/mol. The van der Waals surface area contributed by atoms with Crippen molar-refractivity contribution in [1.29, 1.82) is 0 Å². The molecule has 1 aromatic carbocycles. The van der Waals surface area contributed by atoms with Gasteiger partial charge in [0.25, 0.3) is 0 Å². The van der Waals surface area contributed by atoms with Crippen molar-refractivity contribution in [1.82, 2.24) is 4.31 Å². The molecule has 18 heavy (non-hydrogen) atoms. The van der Waals surface area contributed by atoms with Crippen molar-refractivity contribution < 1.29 is 13.5 Å². The van der Waals surface area contributed by atoms with Crippen LogP contribution in [0.3, 0.4) is 0 Å². The van der Waals surface area contributed by atoms with Gasteiger partial charge in [-0.2, -0.15) is 4.31 Å². The van der Waals surface area contributed by atoms with E-state index in [9.17, 15) is 13.5 Å². The number of benzene rings is 1. The monoisotopic (exact) mass is 289 g/mol. The molecule has 2 rings (SSSR count). The summed E-state index contributed by atoms with van der Waals surface area (Å²) in [5.41, 5.74) is 0.734. The van der Waals surface area contributed by atoms with Crippen LogP contribution in [-0.4, -0.2) is 37.0 Å². The van der Waals surface area contributed by atoms with Crippen LogP contribution in [0.5, 0.6) is 0 Å². The molecule has 1 N–H and O–H groups in total. The largest absolute Gasteiger partial charge is 0.395 e. The van der Waals surface area contributed by atoms with Gasteiger partial charge in [0.2, 0.25) is 10.0 Å². The molecule has 0 saturated carbocycles. The zero-order chi connectivity index (χ0) is 13.3. The van der Waals surface area contributed by atoms with Crippen LogP contribution in [0.1, 0.15) is 18.4 Å². The molecule has 1 saturated heterocycles. The fraction of sp³-hybridized carbons (Fsp3) is 0.500. The SMILES string of the molecule is Cc1cccc(S(=O)(=O)N2CCC[C@@H]2CO)c1Cl. The van der Waals surface area contributed by atoms with E-state index in [-0.39, 0.29) is 22.6 Å². The summed E-state index contributed by atoms with van der Waals surface area (Å²) in [7, 11) is -3.61. The number of halogens is 1. The lowest BCUT2D eigenvalue weighted by atomic mass is 10.2. The summed E-state index contributed by atoms with van der Waals surface area (Å²) < 4.78 is 26.4. The van der Waals surface area contributed by atoms with Gasteiger partial charge >= 0.3 is 0 Å². The quantitative estimate of drug-likeness (QED) is 0.923. The molecule has 1 fully saturated rings. The van der Waals surface area contributed by atoms with Crippen LogP contribution in [0.15, 0.2) is 23.1 Å². The van der Waals surface area contributed by atoms with Gasteiger partial charge in [-0.15, -0.1) is 0 Å². The highest BCUT2D eigenvalue weighted by Gasteiger charge is 2.35. The molecule has 0 aliphatic carbocycles. The molecule has 4 nitrogen and oxygen atoms in total. The molecule has 1 heterocycles. The van der Waals surface area contributed by atoms with Crippen molar-refractivity contribution >= 4 is 21.6 Å². The molecule has 0 radical (unpaired) electrons. The van der Waals surface area contributed by atoms with E-state index < -0.39 is 10.0 Å². The number of aliphatic hydroxyl groups is 1. The fourth-order valence-electron chi connectivity index (χ4n) is 2.25. The zero-order valence-corrected chi connectivity index (χ0v) is 11.7. The Bertz CT molecular complexity index is 544. The van der Waals surface area contributed by atoms with Crippen molar-refractivity contribution in [2.24, 2.45) is 0 Å². The molecule has 0 aromatic heterocycles. The number of rotatable bonds is 3. The van der Waals surface area contributed by atoms with E-state index in [0.29, 0.717) is 13.0 Å². The van der Waals surface area contributed by atoms with E-state index in [2.05, 4.69) is 0 Å². The van der Waals surface area contributed by atoms with Crippen molar-refractivity contribution in [2.75, 3.05) is 13.2 Å². The number of hydrogen-bond donors (Lipinski definition) is 1. The molecule has 0 bridgehead atoms. The highest BCUT2D eigenvalue weighted by atomic mass is 35.5. The second-order valence-corrected chi connectivity index (χ2v) is 6.72. The van der Waals surface area contributed by atoms with Crippen molar-refractivity contribution in [3.05, 3.63) is 28.8 Å². The van der Waals surface area contributed by atoms with Gasteiger partial charge < -0.3 is 5.11 Å². The van der Waals surface area contributed by atoms with Gasteiger partial charge in [0, 0.05) is 12.6 Å². The Morgan fingerprint density at radius 2 is 2.22 bits per heavy atom. The van der Waals surface area contributed by atoms with E-state index >= 15 is 0 Å². The maximum Gasteiger partial charge on any atom is 0.244 e. The van der Waals surface area contributed by atoms with Gasteiger partial charge in [-0.05, 0) is 31.4 Å². The third-order valence-corrected chi connectivity index (χ3v) is 5.88. The van der Waals surface area contributed by atoms with Crippen molar-refractivity contribution in [3.63, 3.8) is 0 Å². The minimum absolute atomic E-state index is 0.129. The van der Waals surface area contributed by atoms with E-state index in [4.69, 9.17) is 11.6 Å². The van der Waals surface area contributed by atoms with Crippen LogP contribution < -0.4 is 0 Å². The molecule has 1 aromatic rings. The molecule has 0 unspecified atom stereocenters. The smallest absolute Gasteiger partial charge is 0.244 e. The number of hydrogen-bond acceptors (Lipinski definition) is 3. The lowest BCUT2D eigenvalue weighted by Crippen LogP contribution is -2.37. The standard InChI is InChI=1S/C12H16ClNO3S/c1-9-4-2-6-11(12(9)13)18(16,17)14-7-3-5-10(14)8-15/h2,4,6,10,15H,3,5,7-8H2,1H3/t10-/m1/s1. The third kappa shape index (κ3) is 2.28. The van der Waals surface area contributed by atoms with Crippen LogP contribution in [0, 0.1) is 6.92 Å². The summed E-state index contributed by atoms with van der Waals surface area (Å²) in [5, 5.41) is 9.50. The summed E-state index contributed by atoms with van der Waals surface area (Å²) in [5.74, 6) is 0. The molecule has 1 aliphatic heterocycles. The van der Waals surface area contributed by atoms with Gasteiger partial charge in [0.05, 0.1) is 11.6 Å². The lowest BCUT2D eigenvalue weighted by molar-refractivity contribution is 0.213. The van der Waals surface area contributed by atoms with Gasteiger partial charge in [0.1, 0.15) is 4.90 Å². The summed E-state index contributed by atoms with van der Waals surface area (Å²) >= 11 is 6.08. The Balaban J connectivity index is 2.45. The van der Waals surface area contributed by atoms with Crippen LogP contribution in [0.25, 0.3) is 0 Å². The van der Waals surface area contributed by atoms with E-state index in [1.807, 2.05) is 0 Å². The molecule has 1 atom stereocenters. The minimum Gasteiger partial charge on any atom is -0.395 e. The molecule has 0 amide bonds. The highest BCUT2D eigenvalue weighted by Crippen LogP contribution is 2.31. The Morgan fingerprint density at radius 1 is 1.50 bits per heavy atom. The predicted octanol–water partition coefficient (Wildman–Crippen LogP) is 1.79. The molecular formula is C12H16ClNO3S. The minimum atomic E-state index is -3.61. The summed E-state index contributed by atoms with van der Waals surface area (Å²) in [6, 6.07) is 4.64. The number of aryl methyl sites for hydroxylation is 1. The van der Waals surface area contributed by atoms with Gasteiger partial charge in [0.15, 0.2) is 0 Å². The lowest BCUT2D eigenvalue weighted by Gasteiger charge is -2.23. The number of nitrogens with zero attached hydrogens (tertiary/aromatic N) is 1. The first kappa shape index (κ1) is 13.8. The van der Waals surface area contributed by atoms with Crippen molar-refractivity contribution in [2.45, 2.75) is 30.7 Å². The molecule has 0 spiro atoms. The van der Waals surface area contributed by atoms with Crippen LogP contribution in [0.2, 0.25) is 5.02 Å². The third-order valence-electron chi connectivity index (χ3n) is 3.28. The molecule has 1 aliphatic rings. The Kier molecular flexibility index (Phi) is 3.96. The summed E-state index contributed by atoms with van der Waals surface area (Å²) in [4.78, 5) is 0.129. The van der Waals surface area contributed by atoms with Crippen LogP contribution in [0.4, 0.5) is 0 Å². The second kappa shape index (κ2) is 5.17. The maximum atomic E-state index is 12.5. The van der Waals surface area contributed by atoms with Gasteiger partial charge in [-0.3, -0.25) is 0 Å². The first-order valence-corrected chi connectivity index (χ1v) is 7.68.